The van der Waals surface area contributed by atoms with Gasteiger partial charge in [-0.15, -0.1) is 0 Å². The van der Waals surface area contributed by atoms with Crippen molar-refractivity contribution in [3.63, 3.8) is 0 Å². The molecule has 0 spiro atoms. The third-order valence-electron chi connectivity index (χ3n) is 9.44. The molecule has 1 fully saturated rings. The average molecular weight is 821 g/mol. The molecule has 2 aromatic heterocycles. The van der Waals surface area contributed by atoms with Crippen LogP contribution in [0.2, 0.25) is 0 Å². The molecule has 1 aliphatic rings. The Hall–Kier alpha value is -6.84. The summed E-state index contributed by atoms with van der Waals surface area (Å²) in [5.41, 5.74) is 18.1. The van der Waals surface area contributed by atoms with E-state index in [4.69, 9.17) is 17.2 Å². The Labute approximate surface area is 339 Å². The third-order valence-corrected chi connectivity index (χ3v) is 9.44. The molecule has 6 atom stereocenters. The molecule has 0 aliphatic carbocycles. The number of aromatic amines is 2. The van der Waals surface area contributed by atoms with Crippen LogP contribution in [0.4, 0.5) is 0 Å². The van der Waals surface area contributed by atoms with Gasteiger partial charge in [0.1, 0.15) is 30.2 Å². The third kappa shape index (κ3) is 14.2. The quantitative estimate of drug-likeness (QED) is 0.0269. The van der Waals surface area contributed by atoms with E-state index in [0.717, 1.165) is 0 Å². The Kier molecular flexibility index (Phi) is 16.9. The first kappa shape index (κ1) is 44.9. The molecule has 0 saturated carbocycles. The number of hydrogen-bond acceptors (Lipinski definition) is 11. The highest BCUT2D eigenvalue weighted by atomic mass is 16.4. The van der Waals surface area contributed by atoms with Crippen LogP contribution in [0.25, 0.3) is 0 Å². The molecule has 1 aromatic carbocycles. The van der Waals surface area contributed by atoms with E-state index in [0.29, 0.717) is 29.8 Å². The predicted molar refractivity (Wildman–Crippen MR) is 211 cm³/mol. The maximum absolute atomic E-state index is 14.2. The first-order chi connectivity index (χ1) is 28.2. The summed E-state index contributed by atoms with van der Waals surface area (Å²) < 4.78 is 0. The van der Waals surface area contributed by atoms with Gasteiger partial charge in [0.2, 0.25) is 35.4 Å². The standard InChI is InChI=1S/C37H52N14O8/c1-21(47-30(52)18-44-32(54)25(38)9-5-11-43-37(39)40)31(53)48-26(14-23-16-41-19-45-23)33(55)49-27(15-24-17-42-20-46-24)35(57)51-12-6-10-29(51)34(56)50-28(36(58)59)13-22-7-3-2-4-8-22/h2-4,7-8,16-17,19-21,25-29H,5-6,9-15,18,38H2,1H3,(H,41,45)(H,42,46)(H,44,54)(H,47,52)(H,48,53)(H,49,55)(H,50,56)(H,58,59)(H4,39,40,43)/t21-,25-,26-,27-,28-,29-/m0/s1. The lowest BCUT2D eigenvalue weighted by molar-refractivity contribution is -0.145. The van der Waals surface area contributed by atoms with E-state index >= 15 is 0 Å². The van der Waals surface area contributed by atoms with Crippen LogP contribution in [0.15, 0.2) is 60.4 Å². The maximum atomic E-state index is 14.2. The normalized spacial score (nSPS) is 16.0. The van der Waals surface area contributed by atoms with Crippen LogP contribution in [0.3, 0.4) is 0 Å². The highest BCUT2D eigenvalue weighted by Gasteiger charge is 2.40. The molecule has 59 heavy (non-hydrogen) atoms. The van der Waals surface area contributed by atoms with Crippen molar-refractivity contribution in [1.29, 1.82) is 0 Å². The summed E-state index contributed by atoms with van der Waals surface area (Å²) in [6, 6.07) is 1.90. The van der Waals surface area contributed by atoms with Gasteiger partial charge in [0.25, 0.3) is 0 Å². The Morgan fingerprint density at radius 2 is 1.51 bits per heavy atom. The van der Waals surface area contributed by atoms with Crippen LogP contribution < -0.4 is 43.8 Å². The second-order valence-electron chi connectivity index (χ2n) is 14.0. The SMILES string of the molecule is C[C@H](NC(=O)CNC(=O)[C@@H](N)CCCN=C(N)N)C(=O)N[C@@H](Cc1cnc[nH]1)C(=O)N[C@@H](Cc1cnc[nH]1)C(=O)N1CCC[C@H]1C(=O)N[C@@H](Cc1ccccc1)C(=O)O. The summed E-state index contributed by atoms with van der Waals surface area (Å²) in [5, 5.41) is 22.7. The number of rotatable bonds is 22. The molecule has 6 amide bonds. The molecule has 22 nitrogen and oxygen atoms in total. The summed E-state index contributed by atoms with van der Waals surface area (Å²) in [5.74, 6) is -5.38. The lowest BCUT2D eigenvalue weighted by Gasteiger charge is -2.30. The zero-order valence-electron chi connectivity index (χ0n) is 32.6. The Balaban J connectivity index is 1.42. The molecular formula is C37H52N14O8. The van der Waals surface area contributed by atoms with Gasteiger partial charge in [-0.2, -0.15) is 0 Å². The lowest BCUT2D eigenvalue weighted by atomic mass is 10.0. The van der Waals surface area contributed by atoms with E-state index < -0.39 is 84.2 Å². The van der Waals surface area contributed by atoms with E-state index in [1.807, 2.05) is 0 Å². The zero-order valence-corrected chi connectivity index (χ0v) is 32.6. The number of hydrogen-bond donors (Lipinski definition) is 11. The number of carbonyl (C=O) groups is 7. The van der Waals surface area contributed by atoms with E-state index in [-0.39, 0.29) is 51.2 Å². The van der Waals surface area contributed by atoms with E-state index in [2.05, 4.69) is 51.5 Å². The van der Waals surface area contributed by atoms with Crippen LogP contribution in [0.5, 0.6) is 0 Å². The smallest absolute Gasteiger partial charge is 0.326 e. The number of likely N-dealkylation sites (tertiary alicyclic amines) is 1. The number of nitrogens with zero attached hydrogens (tertiary/aromatic N) is 4. The van der Waals surface area contributed by atoms with Crippen molar-refractivity contribution in [3.8, 4) is 0 Å². The number of carboxylic acids is 1. The molecule has 0 unspecified atom stereocenters. The molecular weight excluding hydrogens is 768 g/mol. The Bertz CT molecular complexity index is 1900. The van der Waals surface area contributed by atoms with E-state index in [1.165, 1.54) is 36.9 Å². The van der Waals surface area contributed by atoms with Crippen molar-refractivity contribution in [3.05, 3.63) is 72.3 Å². The van der Waals surface area contributed by atoms with Crippen molar-refractivity contribution in [2.45, 2.75) is 88.1 Å². The Morgan fingerprint density at radius 3 is 2.12 bits per heavy atom. The largest absolute Gasteiger partial charge is 0.480 e. The maximum Gasteiger partial charge on any atom is 0.326 e. The molecule has 14 N–H and O–H groups in total. The summed E-state index contributed by atoms with van der Waals surface area (Å²) in [7, 11) is 0. The zero-order chi connectivity index (χ0) is 42.9. The summed E-state index contributed by atoms with van der Waals surface area (Å²) >= 11 is 0. The summed E-state index contributed by atoms with van der Waals surface area (Å²) in [6.45, 7) is 1.35. The highest BCUT2D eigenvalue weighted by Crippen LogP contribution is 2.20. The molecule has 3 heterocycles. The second kappa shape index (κ2) is 22.2. The highest BCUT2D eigenvalue weighted by molar-refractivity contribution is 5.97. The van der Waals surface area contributed by atoms with Crippen molar-refractivity contribution in [2.24, 2.45) is 22.2 Å². The number of guanidine groups is 1. The van der Waals surface area contributed by atoms with Gasteiger partial charge in [-0.1, -0.05) is 30.3 Å². The van der Waals surface area contributed by atoms with Gasteiger partial charge >= 0.3 is 5.97 Å². The molecule has 0 bridgehead atoms. The number of carboxylic acid groups (broad SMARTS) is 1. The van der Waals surface area contributed by atoms with Crippen LogP contribution in [0.1, 0.15) is 49.6 Å². The number of benzene rings is 1. The van der Waals surface area contributed by atoms with E-state index in [1.54, 1.807) is 30.3 Å². The van der Waals surface area contributed by atoms with Gasteiger partial charge in [0, 0.05) is 56.1 Å². The average Bonchev–Trinajstić information content (AvgIpc) is 4.02. The number of aromatic nitrogens is 4. The summed E-state index contributed by atoms with van der Waals surface area (Å²) in [6.07, 6.45) is 6.99. The van der Waals surface area contributed by atoms with Crippen LogP contribution in [0, 0.1) is 0 Å². The molecule has 0 radical (unpaired) electrons. The molecule has 1 aliphatic heterocycles. The number of aliphatic imine (C=N–C) groups is 1. The van der Waals surface area contributed by atoms with Crippen LogP contribution in [-0.2, 0) is 52.8 Å². The van der Waals surface area contributed by atoms with Gasteiger partial charge < -0.3 is 63.8 Å². The number of carbonyl (C=O) groups excluding carboxylic acids is 6. The minimum absolute atomic E-state index is 0.0295. The fraction of sp³-hybridized carbons (Fsp3) is 0.459. The van der Waals surface area contributed by atoms with Gasteiger partial charge in [0.05, 0.1) is 25.2 Å². The Morgan fingerprint density at radius 1 is 0.864 bits per heavy atom. The number of nitrogens with one attached hydrogen (secondary N) is 7. The topological polar surface area (TPSA) is 351 Å². The van der Waals surface area contributed by atoms with Crippen molar-refractivity contribution in [1.82, 2.24) is 51.4 Å². The number of aliphatic carboxylic acids is 1. The minimum Gasteiger partial charge on any atom is -0.480 e. The van der Waals surface area contributed by atoms with Crippen LogP contribution >= 0.6 is 0 Å². The van der Waals surface area contributed by atoms with E-state index in [9.17, 15) is 38.7 Å². The van der Waals surface area contributed by atoms with Gasteiger partial charge in [-0.25, -0.2) is 14.8 Å². The number of nitrogens with two attached hydrogens (primary N) is 3. The molecule has 318 valence electrons. The summed E-state index contributed by atoms with van der Waals surface area (Å²) in [4.78, 5) is 111. The first-order valence-electron chi connectivity index (χ1n) is 19.0. The molecule has 4 rings (SSSR count). The molecule has 3 aromatic rings. The molecule has 1 saturated heterocycles. The number of amides is 6. The second-order valence-corrected chi connectivity index (χ2v) is 14.0. The fourth-order valence-corrected chi connectivity index (χ4v) is 6.34. The van der Waals surface area contributed by atoms with Crippen molar-refractivity contribution >= 4 is 47.4 Å². The van der Waals surface area contributed by atoms with Crippen molar-refractivity contribution in [2.75, 3.05) is 19.6 Å². The fourth-order valence-electron chi connectivity index (χ4n) is 6.34. The first-order valence-corrected chi connectivity index (χ1v) is 19.0. The molecule has 22 heteroatoms. The minimum atomic E-state index is -1.29. The lowest BCUT2D eigenvalue weighted by Crippen LogP contribution is -2.59. The van der Waals surface area contributed by atoms with Gasteiger partial charge in [-0.05, 0) is 38.2 Å². The number of imidazole rings is 2. The van der Waals surface area contributed by atoms with Crippen LogP contribution in [-0.4, -0.2) is 133 Å². The number of H-pyrrole nitrogens is 2. The van der Waals surface area contributed by atoms with Gasteiger partial charge in [-0.3, -0.25) is 33.8 Å². The van der Waals surface area contributed by atoms with Crippen molar-refractivity contribution < 1.29 is 38.7 Å². The monoisotopic (exact) mass is 820 g/mol. The predicted octanol–water partition coefficient (Wildman–Crippen LogP) is -3.31. The van der Waals surface area contributed by atoms with Gasteiger partial charge in [0.15, 0.2) is 5.96 Å².